The number of rotatable bonds is 7. The van der Waals surface area contributed by atoms with Gasteiger partial charge in [0.25, 0.3) is 0 Å². The van der Waals surface area contributed by atoms with Gasteiger partial charge in [0.05, 0.1) is 11.8 Å². The molecular formula is C21H16F7N5O. The summed E-state index contributed by atoms with van der Waals surface area (Å²) in [4.78, 5) is 8.30. The molecule has 2 aromatic carbocycles. The molecule has 0 saturated heterocycles. The molecule has 1 aromatic heterocycles. The standard InChI is InChI=1S/C21H16F7N5O/c1-2-13-10-18(30-14-5-8-17(22)16(9-14)20(23,24)25)32-19(31-13)33-29-11-12-3-6-15(7-4-12)34-21(26,27)28/h3-11H,2H2,1H3,(H2,30,31,32,33)/b29-11+. The van der Waals surface area contributed by atoms with Gasteiger partial charge in [0.2, 0.25) is 5.95 Å². The Bertz CT molecular complexity index is 1160. The number of aromatic nitrogens is 2. The number of anilines is 3. The van der Waals surface area contributed by atoms with Crippen LogP contribution in [0.25, 0.3) is 0 Å². The van der Waals surface area contributed by atoms with Crippen molar-refractivity contribution in [3.8, 4) is 5.75 Å². The number of hydrazone groups is 1. The fourth-order valence-corrected chi connectivity index (χ4v) is 2.68. The zero-order valence-electron chi connectivity index (χ0n) is 17.3. The normalized spacial score (nSPS) is 12.1. The number of nitrogens with one attached hydrogen (secondary N) is 2. The maximum absolute atomic E-state index is 13.5. The molecule has 1 heterocycles. The van der Waals surface area contributed by atoms with E-state index < -0.39 is 23.9 Å². The first-order chi connectivity index (χ1) is 15.9. The first-order valence-corrected chi connectivity index (χ1v) is 9.59. The highest BCUT2D eigenvalue weighted by atomic mass is 19.4. The summed E-state index contributed by atoms with van der Waals surface area (Å²) in [6, 6.07) is 8.87. The van der Waals surface area contributed by atoms with Crippen LogP contribution in [0.5, 0.6) is 5.75 Å². The monoisotopic (exact) mass is 487 g/mol. The van der Waals surface area contributed by atoms with Crippen molar-refractivity contribution in [2.45, 2.75) is 25.9 Å². The van der Waals surface area contributed by atoms with Gasteiger partial charge in [-0.05, 0) is 54.4 Å². The van der Waals surface area contributed by atoms with Gasteiger partial charge in [0.1, 0.15) is 17.4 Å². The summed E-state index contributed by atoms with van der Waals surface area (Å²) in [6.45, 7) is 1.80. The van der Waals surface area contributed by atoms with Crippen LogP contribution in [0.3, 0.4) is 0 Å². The van der Waals surface area contributed by atoms with Crippen LogP contribution in [0, 0.1) is 5.82 Å². The van der Waals surface area contributed by atoms with Gasteiger partial charge < -0.3 is 10.1 Å². The van der Waals surface area contributed by atoms with E-state index in [1.165, 1.54) is 24.4 Å². The van der Waals surface area contributed by atoms with Crippen molar-refractivity contribution in [3.63, 3.8) is 0 Å². The molecule has 2 N–H and O–H groups in total. The molecule has 13 heteroatoms. The lowest BCUT2D eigenvalue weighted by atomic mass is 10.2. The van der Waals surface area contributed by atoms with Gasteiger partial charge >= 0.3 is 12.5 Å². The number of hydrogen-bond donors (Lipinski definition) is 2. The number of aryl methyl sites for hydroxylation is 1. The summed E-state index contributed by atoms with van der Waals surface area (Å²) >= 11 is 0. The minimum absolute atomic E-state index is 0.00767. The molecule has 0 saturated carbocycles. The molecule has 180 valence electrons. The maximum atomic E-state index is 13.5. The molecule has 0 unspecified atom stereocenters. The van der Waals surface area contributed by atoms with Crippen LogP contribution in [0.15, 0.2) is 53.6 Å². The molecule has 0 radical (unpaired) electrons. The molecule has 0 atom stereocenters. The van der Waals surface area contributed by atoms with Crippen LogP contribution in [0.2, 0.25) is 0 Å². The predicted octanol–water partition coefficient (Wildman–Crippen LogP) is 6.29. The molecular weight excluding hydrogens is 471 g/mol. The van der Waals surface area contributed by atoms with Crippen molar-refractivity contribution < 1.29 is 35.5 Å². The van der Waals surface area contributed by atoms with E-state index in [9.17, 15) is 30.7 Å². The fourth-order valence-electron chi connectivity index (χ4n) is 2.68. The summed E-state index contributed by atoms with van der Waals surface area (Å²) in [5.74, 6) is -1.64. The van der Waals surface area contributed by atoms with Gasteiger partial charge in [-0.1, -0.05) is 6.92 Å². The van der Waals surface area contributed by atoms with E-state index in [0.717, 1.165) is 18.2 Å². The van der Waals surface area contributed by atoms with Crippen molar-refractivity contribution in [2.75, 3.05) is 10.7 Å². The Hall–Kier alpha value is -3.90. The van der Waals surface area contributed by atoms with Crippen molar-refractivity contribution in [2.24, 2.45) is 5.10 Å². The summed E-state index contributed by atoms with van der Waals surface area (Å²) in [5, 5.41) is 6.58. The number of ether oxygens (including phenoxy) is 1. The van der Waals surface area contributed by atoms with E-state index in [1.54, 1.807) is 6.92 Å². The Morgan fingerprint density at radius 3 is 2.29 bits per heavy atom. The smallest absolute Gasteiger partial charge is 0.406 e. The SMILES string of the molecule is CCc1cc(Nc2ccc(F)c(C(F)(F)F)c2)nc(N/N=C/c2ccc(OC(F)(F)F)cc2)n1. The summed E-state index contributed by atoms with van der Waals surface area (Å²) in [5.41, 5.74) is 2.06. The lowest BCUT2D eigenvalue weighted by molar-refractivity contribution is -0.274. The zero-order chi connectivity index (χ0) is 24.9. The van der Waals surface area contributed by atoms with E-state index in [2.05, 4.69) is 30.5 Å². The minimum atomic E-state index is -4.86. The van der Waals surface area contributed by atoms with Gasteiger partial charge in [0.15, 0.2) is 0 Å². The van der Waals surface area contributed by atoms with Crippen LogP contribution >= 0.6 is 0 Å². The quantitative estimate of drug-likeness (QED) is 0.233. The third kappa shape index (κ3) is 7.05. The molecule has 0 spiro atoms. The Morgan fingerprint density at radius 1 is 0.971 bits per heavy atom. The van der Waals surface area contributed by atoms with E-state index in [-0.39, 0.29) is 23.2 Å². The van der Waals surface area contributed by atoms with Crippen molar-refractivity contribution in [1.29, 1.82) is 0 Å². The van der Waals surface area contributed by atoms with Crippen molar-refractivity contribution >= 4 is 23.7 Å². The third-order valence-corrected chi connectivity index (χ3v) is 4.18. The van der Waals surface area contributed by atoms with E-state index in [1.807, 2.05) is 0 Å². The number of benzene rings is 2. The zero-order valence-corrected chi connectivity index (χ0v) is 17.3. The Morgan fingerprint density at radius 2 is 1.68 bits per heavy atom. The van der Waals surface area contributed by atoms with E-state index >= 15 is 0 Å². The fraction of sp³-hybridized carbons (Fsp3) is 0.190. The Labute approximate surface area is 188 Å². The van der Waals surface area contributed by atoms with Crippen molar-refractivity contribution in [1.82, 2.24) is 9.97 Å². The number of halogens is 7. The minimum Gasteiger partial charge on any atom is -0.406 e. The predicted molar refractivity (Wildman–Crippen MR) is 110 cm³/mol. The van der Waals surface area contributed by atoms with Crippen LogP contribution in [0.4, 0.5) is 48.2 Å². The van der Waals surface area contributed by atoms with Gasteiger partial charge in [0, 0.05) is 17.4 Å². The Balaban J connectivity index is 1.73. The Kier molecular flexibility index (Phi) is 7.23. The molecule has 34 heavy (non-hydrogen) atoms. The average Bonchev–Trinajstić information content (AvgIpc) is 2.74. The topological polar surface area (TPSA) is 71.4 Å². The summed E-state index contributed by atoms with van der Waals surface area (Å²) in [6.07, 6.45) is -7.90. The van der Waals surface area contributed by atoms with Crippen LogP contribution in [0.1, 0.15) is 23.7 Å². The summed E-state index contributed by atoms with van der Waals surface area (Å²) < 4.78 is 92.8. The first kappa shape index (κ1) is 24.7. The number of nitrogens with zero attached hydrogens (tertiary/aromatic N) is 3. The maximum Gasteiger partial charge on any atom is 0.573 e. The largest absolute Gasteiger partial charge is 0.573 e. The third-order valence-electron chi connectivity index (χ3n) is 4.18. The first-order valence-electron chi connectivity index (χ1n) is 9.59. The van der Waals surface area contributed by atoms with E-state index in [0.29, 0.717) is 29.8 Å². The van der Waals surface area contributed by atoms with Gasteiger partial charge in [-0.3, -0.25) is 0 Å². The molecule has 6 nitrogen and oxygen atoms in total. The molecule has 3 aromatic rings. The highest BCUT2D eigenvalue weighted by molar-refractivity contribution is 5.80. The molecule has 0 amide bonds. The van der Waals surface area contributed by atoms with Crippen molar-refractivity contribution in [3.05, 3.63) is 71.2 Å². The number of alkyl halides is 6. The second-order valence-corrected chi connectivity index (χ2v) is 6.73. The lowest BCUT2D eigenvalue weighted by Crippen LogP contribution is -2.17. The number of hydrogen-bond acceptors (Lipinski definition) is 6. The molecule has 3 rings (SSSR count). The van der Waals surface area contributed by atoms with E-state index in [4.69, 9.17) is 0 Å². The van der Waals surface area contributed by atoms with Gasteiger partial charge in [-0.15, -0.1) is 13.2 Å². The van der Waals surface area contributed by atoms with Crippen LogP contribution < -0.4 is 15.5 Å². The van der Waals surface area contributed by atoms with Crippen LogP contribution in [-0.2, 0) is 12.6 Å². The molecule has 0 aliphatic carbocycles. The molecule has 0 aliphatic rings. The lowest BCUT2D eigenvalue weighted by Gasteiger charge is -2.12. The average molecular weight is 487 g/mol. The summed E-state index contributed by atoms with van der Waals surface area (Å²) in [7, 11) is 0. The molecule has 0 aliphatic heterocycles. The highest BCUT2D eigenvalue weighted by Crippen LogP contribution is 2.33. The second-order valence-electron chi connectivity index (χ2n) is 6.73. The van der Waals surface area contributed by atoms with Crippen LogP contribution in [-0.4, -0.2) is 22.5 Å². The van der Waals surface area contributed by atoms with Gasteiger partial charge in [-0.2, -0.15) is 23.3 Å². The van der Waals surface area contributed by atoms with Gasteiger partial charge in [-0.25, -0.2) is 14.8 Å². The molecule has 0 bridgehead atoms. The second kappa shape index (κ2) is 9.93. The highest BCUT2D eigenvalue weighted by Gasteiger charge is 2.34. The molecule has 0 fully saturated rings.